The maximum Gasteiger partial charge on any atom is 0.229 e. The van der Waals surface area contributed by atoms with E-state index < -0.39 is 0 Å². The van der Waals surface area contributed by atoms with Crippen LogP contribution in [0.3, 0.4) is 0 Å². The van der Waals surface area contributed by atoms with Crippen LogP contribution < -0.4 is 0 Å². The molecule has 4 nitrogen and oxygen atoms in total. The van der Waals surface area contributed by atoms with Gasteiger partial charge in [0.1, 0.15) is 5.01 Å². The van der Waals surface area contributed by atoms with E-state index in [9.17, 15) is 4.79 Å². The molecule has 0 aliphatic carbocycles. The zero-order valence-corrected chi connectivity index (χ0v) is 8.52. The lowest BCUT2D eigenvalue weighted by Gasteiger charge is -2.07. The molecule has 0 saturated heterocycles. The summed E-state index contributed by atoms with van der Waals surface area (Å²) < 4.78 is 0.594. The number of thiol groups is 1. The summed E-state index contributed by atoms with van der Waals surface area (Å²) >= 11 is 5.33. The Kier molecular flexibility index (Phi) is 3.05. The molecule has 1 amide bonds. The third-order valence-electron chi connectivity index (χ3n) is 1.26. The van der Waals surface area contributed by atoms with Crippen molar-refractivity contribution < 1.29 is 4.79 Å². The molecule has 0 atom stereocenters. The number of likely N-dealkylation sites (N-methyl/N-ethyl adjacent to an activating group) is 1. The molecule has 0 spiro atoms. The number of amides is 1. The van der Waals surface area contributed by atoms with E-state index in [0.717, 1.165) is 0 Å². The van der Waals surface area contributed by atoms with Gasteiger partial charge in [-0.25, -0.2) is 0 Å². The monoisotopic (exact) mass is 203 g/mol. The zero-order valence-electron chi connectivity index (χ0n) is 6.81. The van der Waals surface area contributed by atoms with Crippen LogP contribution in [-0.2, 0) is 11.2 Å². The predicted molar refractivity (Wildman–Crippen MR) is 49.6 cm³/mol. The van der Waals surface area contributed by atoms with Crippen molar-refractivity contribution in [3.8, 4) is 0 Å². The largest absolute Gasteiger partial charge is 0.348 e. The minimum atomic E-state index is 0.0273. The second-order valence-corrected chi connectivity index (χ2v) is 4.23. The Balaban J connectivity index is 2.58. The SMILES string of the molecule is CN(C)C(=O)Cc1nnc(S)s1. The summed E-state index contributed by atoms with van der Waals surface area (Å²) in [7, 11) is 3.43. The lowest BCUT2D eigenvalue weighted by molar-refractivity contribution is -0.127. The number of rotatable bonds is 2. The quantitative estimate of drug-likeness (QED) is 0.710. The standard InChI is InChI=1S/C6H9N3OS2/c1-9(2)5(10)3-4-7-8-6(11)12-4/h3H2,1-2H3,(H,8,11). The molecule has 0 aliphatic rings. The first kappa shape index (κ1) is 9.47. The number of aromatic nitrogens is 2. The summed E-state index contributed by atoms with van der Waals surface area (Å²) in [6.07, 6.45) is 0.311. The van der Waals surface area contributed by atoms with Crippen LogP contribution in [0.4, 0.5) is 0 Å². The molecule has 0 aliphatic heterocycles. The zero-order chi connectivity index (χ0) is 9.14. The highest BCUT2D eigenvalue weighted by atomic mass is 32.2. The molecule has 0 radical (unpaired) electrons. The average Bonchev–Trinajstić information content (AvgIpc) is 2.35. The number of hydrogen-bond donors (Lipinski definition) is 1. The van der Waals surface area contributed by atoms with Gasteiger partial charge in [0.15, 0.2) is 4.34 Å². The molecule has 0 N–H and O–H groups in total. The van der Waals surface area contributed by atoms with Gasteiger partial charge in [-0.05, 0) is 0 Å². The summed E-state index contributed by atoms with van der Waals surface area (Å²) in [5, 5.41) is 8.18. The van der Waals surface area contributed by atoms with Crippen LogP contribution in [0, 0.1) is 0 Å². The summed E-state index contributed by atoms with van der Waals surface area (Å²) in [5.41, 5.74) is 0. The Bertz CT molecular complexity index is 284. The third kappa shape index (κ3) is 2.46. The minimum Gasteiger partial charge on any atom is -0.348 e. The van der Waals surface area contributed by atoms with Crippen molar-refractivity contribution in [2.45, 2.75) is 10.8 Å². The van der Waals surface area contributed by atoms with Gasteiger partial charge in [0.05, 0.1) is 6.42 Å². The van der Waals surface area contributed by atoms with Gasteiger partial charge in [-0.3, -0.25) is 4.79 Å². The lowest BCUT2D eigenvalue weighted by Crippen LogP contribution is -2.23. The van der Waals surface area contributed by atoms with Gasteiger partial charge < -0.3 is 4.90 Å². The Morgan fingerprint density at radius 1 is 1.58 bits per heavy atom. The van der Waals surface area contributed by atoms with Crippen molar-refractivity contribution in [3.63, 3.8) is 0 Å². The predicted octanol–water partition coefficient (Wildman–Crippen LogP) is 0.457. The molecule has 1 aromatic rings. The third-order valence-corrected chi connectivity index (χ3v) is 2.35. The fourth-order valence-electron chi connectivity index (χ4n) is 0.604. The smallest absolute Gasteiger partial charge is 0.229 e. The first-order valence-corrected chi connectivity index (χ1v) is 4.57. The van der Waals surface area contributed by atoms with E-state index in [1.807, 2.05) is 0 Å². The van der Waals surface area contributed by atoms with Crippen molar-refractivity contribution in [1.82, 2.24) is 15.1 Å². The fourth-order valence-corrected chi connectivity index (χ4v) is 1.53. The highest BCUT2D eigenvalue weighted by Crippen LogP contribution is 2.13. The van der Waals surface area contributed by atoms with Crippen molar-refractivity contribution in [3.05, 3.63) is 5.01 Å². The van der Waals surface area contributed by atoms with Gasteiger partial charge in [0.25, 0.3) is 0 Å². The van der Waals surface area contributed by atoms with E-state index in [2.05, 4.69) is 22.8 Å². The summed E-state index contributed by atoms with van der Waals surface area (Å²) in [6, 6.07) is 0. The van der Waals surface area contributed by atoms with Crippen molar-refractivity contribution in [1.29, 1.82) is 0 Å². The van der Waals surface area contributed by atoms with Crippen LogP contribution in [0.1, 0.15) is 5.01 Å². The molecule has 1 aromatic heterocycles. The maximum atomic E-state index is 11.2. The van der Waals surface area contributed by atoms with Crippen LogP contribution in [0.15, 0.2) is 4.34 Å². The van der Waals surface area contributed by atoms with Crippen LogP contribution in [0.2, 0.25) is 0 Å². The van der Waals surface area contributed by atoms with Crippen molar-refractivity contribution in [2.75, 3.05) is 14.1 Å². The van der Waals surface area contributed by atoms with Crippen molar-refractivity contribution in [2.24, 2.45) is 0 Å². The Labute approximate surface area is 80.0 Å². The Hall–Kier alpha value is -0.620. The van der Waals surface area contributed by atoms with E-state index in [1.165, 1.54) is 16.2 Å². The van der Waals surface area contributed by atoms with Crippen LogP contribution in [-0.4, -0.2) is 35.1 Å². The van der Waals surface area contributed by atoms with Crippen molar-refractivity contribution >= 4 is 29.9 Å². The maximum absolute atomic E-state index is 11.2. The van der Waals surface area contributed by atoms with Gasteiger partial charge in [-0.15, -0.1) is 22.8 Å². The molecule has 6 heteroatoms. The molecule has 1 rings (SSSR count). The normalized spacial score (nSPS) is 9.92. The number of carbonyl (C=O) groups is 1. The summed E-state index contributed by atoms with van der Waals surface area (Å²) in [5.74, 6) is 0.0273. The number of hydrogen-bond acceptors (Lipinski definition) is 5. The van der Waals surface area contributed by atoms with Gasteiger partial charge in [-0.2, -0.15) is 0 Å². The Morgan fingerprint density at radius 3 is 2.67 bits per heavy atom. The molecule has 0 aromatic carbocycles. The summed E-state index contributed by atoms with van der Waals surface area (Å²) in [4.78, 5) is 12.7. The first-order valence-electron chi connectivity index (χ1n) is 3.31. The second-order valence-electron chi connectivity index (χ2n) is 2.44. The molecular formula is C6H9N3OS2. The molecule has 0 unspecified atom stereocenters. The topological polar surface area (TPSA) is 46.1 Å². The van der Waals surface area contributed by atoms with Gasteiger partial charge in [0, 0.05) is 14.1 Å². The van der Waals surface area contributed by atoms with E-state index in [1.54, 1.807) is 14.1 Å². The van der Waals surface area contributed by atoms with Crippen LogP contribution in [0.25, 0.3) is 0 Å². The fraction of sp³-hybridized carbons (Fsp3) is 0.500. The molecule has 0 bridgehead atoms. The number of carbonyl (C=O) groups excluding carboxylic acids is 1. The van der Waals surface area contributed by atoms with Gasteiger partial charge in [-0.1, -0.05) is 11.3 Å². The molecule has 0 fully saturated rings. The minimum absolute atomic E-state index is 0.0273. The molecule has 12 heavy (non-hydrogen) atoms. The van der Waals surface area contributed by atoms with Gasteiger partial charge in [0.2, 0.25) is 5.91 Å². The first-order chi connectivity index (χ1) is 5.59. The highest BCUT2D eigenvalue weighted by Gasteiger charge is 2.08. The van der Waals surface area contributed by atoms with Gasteiger partial charge >= 0.3 is 0 Å². The average molecular weight is 203 g/mol. The van der Waals surface area contributed by atoms with E-state index >= 15 is 0 Å². The van der Waals surface area contributed by atoms with E-state index in [-0.39, 0.29) is 5.91 Å². The van der Waals surface area contributed by atoms with E-state index in [4.69, 9.17) is 0 Å². The number of nitrogens with zero attached hydrogens (tertiary/aromatic N) is 3. The lowest BCUT2D eigenvalue weighted by atomic mass is 10.4. The molecular weight excluding hydrogens is 194 g/mol. The molecule has 1 heterocycles. The highest BCUT2D eigenvalue weighted by molar-refractivity contribution is 7.82. The summed E-state index contributed by atoms with van der Waals surface area (Å²) in [6.45, 7) is 0. The second kappa shape index (κ2) is 3.86. The van der Waals surface area contributed by atoms with Crippen LogP contribution in [0.5, 0.6) is 0 Å². The molecule has 0 saturated carbocycles. The van der Waals surface area contributed by atoms with Crippen LogP contribution >= 0.6 is 24.0 Å². The Morgan fingerprint density at radius 2 is 2.25 bits per heavy atom. The van der Waals surface area contributed by atoms with E-state index in [0.29, 0.717) is 15.8 Å². The molecule has 66 valence electrons.